The van der Waals surface area contributed by atoms with Gasteiger partial charge in [-0.05, 0) is 36.1 Å². The van der Waals surface area contributed by atoms with Gasteiger partial charge in [0.05, 0.1) is 4.90 Å². The summed E-state index contributed by atoms with van der Waals surface area (Å²) in [5, 5.41) is 3.82. The quantitative estimate of drug-likeness (QED) is 0.493. The Hall–Kier alpha value is 0.320. The zero-order valence-corrected chi connectivity index (χ0v) is 14.9. The molecule has 3 rings (SSSR count). The van der Waals surface area contributed by atoms with Crippen LogP contribution in [0.2, 0.25) is 0 Å². The van der Waals surface area contributed by atoms with Crippen LogP contribution in [0.3, 0.4) is 0 Å². The number of rotatable bonds is 2. The zero-order chi connectivity index (χ0) is 18.1. The molecule has 11 heteroatoms. The van der Waals surface area contributed by atoms with Crippen molar-refractivity contribution in [3.8, 4) is 0 Å². The Morgan fingerprint density at radius 1 is 1.00 bits per heavy atom. The second-order valence-electron chi connectivity index (χ2n) is 6.55. The molecule has 2 aromatic rings. The number of fused-ring (bicyclic) bond motifs is 3. The molecule has 0 spiro atoms. The molecule has 1 aliphatic rings. The van der Waals surface area contributed by atoms with E-state index >= 15 is 0 Å². The monoisotopic (exact) mass is 419 g/mol. The third-order valence-corrected chi connectivity index (χ3v) is 6.44. The third-order valence-electron chi connectivity index (χ3n) is 4.73. The predicted molar refractivity (Wildman–Crippen MR) is 104 cm³/mol. The van der Waals surface area contributed by atoms with Crippen molar-refractivity contribution >= 4 is 95.8 Å². The van der Waals surface area contributed by atoms with Gasteiger partial charge in [-0.25, -0.2) is 0 Å². The molecular weight excluding hydrogens is 400 g/mol. The fourth-order valence-corrected chi connectivity index (χ4v) is 4.54. The number of benzene rings is 2. The average Bonchev–Trinajstić information content (AvgIpc) is 2.66. The molecule has 26 heavy (non-hydrogen) atoms. The van der Waals surface area contributed by atoms with Crippen molar-refractivity contribution in [2.45, 2.75) is 42.0 Å². The second-order valence-corrected chi connectivity index (χ2v) is 9.36. The van der Waals surface area contributed by atoms with Crippen LogP contribution in [0.25, 0.3) is 10.8 Å². The van der Waals surface area contributed by atoms with Crippen LogP contribution < -0.4 is 5.32 Å². The molecule has 3 N–H and O–H groups in total. The molecule has 0 fully saturated rings. The van der Waals surface area contributed by atoms with Gasteiger partial charge in [0, 0.05) is 22.5 Å². The van der Waals surface area contributed by atoms with Gasteiger partial charge in [0.15, 0.2) is 0 Å². The van der Waals surface area contributed by atoms with Gasteiger partial charge in [-0.3, -0.25) is 9.11 Å². The standard InChI is InChI=1S/C15H17NO6S2.2Na.2H/c1-8-15(2,3)14-11(16-8)5-4-9-6-10(23(17,18)19)7-12(13(9)14)24(20,21)22;;;;/h4-8,16H,1-3H3,(H,17,18,19)(H,20,21,22);;;;. The fraction of sp³-hybridized carbons (Fsp3) is 0.333. The Labute approximate surface area is 197 Å². The van der Waals surface area contributed by atoms with Gasteiger partial charge in [0.25, 0.3) is 20.2 Å². The normalized spacial score (nSPS) is 18.4. The molecule has 0 saturated heterocycles. The van der Waals surface area contributed by atoms with Crippen LogP contribution in [0, 0.1) is 0 Å². The molecule has 0 radical (unpaired) electrons. The van der Waals surface area contributed by atoms with Crippen molar-refractivity contribution in [1.82, 2.24) is 0 Å². The van der Waals surface area contributed by atoms with E-state index < -0.39 is 35.4 Å². The van der Waals surface area contributed by atoms with Gasteiger partial charge in [-0.2, -0.15) is 16.8 Å². The molecular formula is C15H19NNa2O6S2. The van der Waals surface area contributed by atoms with E-state index in [1.807, 2.05) is 20.8 Å². The van der Waals surface area contributed by atoms with Crippen LogP contribution in [-0.4, -0.2) is 91.1 Å². The number of nitrogens with one attached hydrogen (secondary N) is 1. The zero-order valence-electron chi connectivity index (χ0n) is 13.2. The molecule has 1 unspecified atom stereocenters. The van der Waals surface area contributed by atoms with E-state index in [0.29, 0.717) is 10.9 Å². The number of anilines is 1. The van der Waals surface area contributed by atoms with E-state index in [4.69, 9.17) is 0 Å². The van der Waals surface area contributed by atoms with Gasteiger partial charge in [0.2, 0.25) is 0 Å². The van der Waals surface area contributed by atoms with E-state index in [2.05, 4.69) is 5.32 Å². The average molecular weight is 419 g/mol. The Morgan fingerprint density at radius 2 is 1.58 bits per heavy atom. The summed E-state index contributed by atoms with van der Waals surface area (Å²) in [4.78, 5) is -1.12. The Balaban J connectivity index is 0.00000169. The first-order valence-corrected chi connectivity index (χ1v) is 10.0. The van der Waals surface area contributed by atoms with E-state index in [-0.39, 0.29) is 70.5 Å². The van der Waals surface area contributed by atoms with Crippen molar-refractivity contribution in [1.29, 1.82) is 0 Å². The number of hydrogen-bond donors (Lipinski definition) is 3. The van der Waals surface area contributed by atoms with Crippen LogP contribution in [0.15, 0.2) is 34.1 Å². The molecule has 1 heterocycles. The summed E-state index contributed by atoms with van der Waals surface area (Å²) in [7, 11) is -9.33. The molecule has 0 amide bonds. The summed E-state index contributed by atoms with van der Waals surface area (Å²) >= 11 is 0. The Morgan fingerprint density at radius 3 is 2.08 bits per heavy atom. The van der Waals surface area contributed by atoms with Crippen LogP contribution in [0.5, 0.6) is 0 Å². The fourth-order valence-electron chi connectivity index (χ4n) is 3.17. The van der Waals surface area contributed by atoms with Crippen molar-refractivity contribution in [3.05, 3.63) is 29.8 Å². The molecule has 1 atom stereocenters. The maximum absolute atomic E-state index is 11.9. The van der Waals surface area contributed by atoms with Crippen LogP contribution in [0.4, 0.5) is 5.69 Å². The van der Waals surface area contributed by atoms with Gasteiger partial charge in [0.1, 0.15) is 4.90 Å². The van der Waals surface area contributed by atoms with E-state index in [1.54, 1.807) is 12.1 Å². The molecule has 7 nitrogen and oxygen atoms in total. The first-order chi connectivity index (χ1) is 10.8. The van der Waals surface area contributed by atoms with Crippen molar-refractivity contribution in [2.24, 2.45) is 0 Å². The predicted octanol–water partition coefficient (Wildman–Crippen LogP) is 1.13. The third kappa shape index (κ3) is 4.03. The van der Waals surface area contributed by atoms with E-state index in [0.717, 1.165) is 11.8 Å². The summed E-state index contributed by atoms with van der Waals surface area (Å²) in [6.07, 6.45) is 0. The van der Waals surface area contributed by atoms with Gasteiger partial charge < -0.3 is 5.32 Å². The minimum atomic E-state index is -4.70. The van der Waals surface area contributed by atoms with E-state index in [9.17, 15) is 25.9 Å². The molecule has 0 bridgehead atoms. The van der Waals surface area contributed by atoms with Crippen LogP contribution in [-0.2, 0) is 25.7 Å². The molecule has 2 aromatic carbocycles. The topological polar surface area (TPSA) is 121 Å². The summed E-state index contributed by atoms with van der Waals surface area (Å²) in [6, 6.07) is 5.27. The van der Waals surface area contributed by atoms with Gasteiger partial charge in [-0.15, -0.1) is 0 Å². The van der Waals surface area contributed by atoms with Gasteiger partial charge >= 0.3 is 59.1 Å². The van der Waals surface area contributed by atoms with Crippen molar-refractivity contribution < 1.29 is 25.9 Å². The first-order valence-electron chi connectivity index (χ1n) is 7.16. The number of hydrogen-bond acceptors (Lipinski definition) is 5. The summed E-state index contributed by atoms with van der Waals surface area (Å²) < 4.78 is 65.5. The molecule has 0 saturated carbocycles. The summed E-state index contributed by atoms with van der Waals surface area (Å²) in [5.41, 5.74) is 0.958. The Kier molecular flexibility index (Phi) is 7.14. The van der Waals surface area contributed by atoms with Crippen LogP contribution >= 0.6 is 0 Å². The second kappa shape index (κ2) is 7.62. The minimum absolute atomic E-state index is 0. The van der Waals surface area contributed by atoms with Crippen molar-refractivity contribution in [2.75, 3.05) is 5.32 Å². The summed E-state index contributed by atoms with van der Waals surface area (Å²) in [6.45, 7) is 5.81. The molecule has 0 aromatic heterocycles. The van der Waals surface area contributed by atoms with Gasteiger partial charge in [-0.1, -0.05) is 19.9 Å². The van der Waals surface area contributed by atoms with E-state index in [1.165, 1.54) is 6.07 Å². The Bertz CT molecular complexity index is 1080. The summed E-state index contributed by atoms with van der Waals surface area (Å²) in [5.74, 6) is 0. The first kappa shape index (κ1) is 24.4. The maximum atomic E-state index is 11.9. The van der Waals surface area contributed by atoms with Crippen molar-refractivity contribution in [3.63, 3.8) is 0 Å². The SMILES string of the molecule is CC1Nc2ccc3cc(S(=O)(=O)O)cc(S(=O)(=O)O)c3c2C1(C)C.[NaH].[NaH]. The molecule has 1 aliphatic heterocycles. The molecule has 134 valence electrons. The molecule has 0 aliphatic carbocycles. The van der Waals surface area contributed by atoms with Crippen LogP contribution in [0.1, 0.15) is 26.3 Å².